The van der Waals surface area contributed by atoms with E-state index >= 15 is 0 Å². The van der Waals surface area contributed by atoms with Crippen LogP contribution in [0.15, 0.2) is 78.9 Å². The Kier molecular flexibility index (Phi) is 8.27. The number of nitrogens with one attached hydrogen (secondary N) is 1. The van der Waals surface area contributed by atoms with Gasteiger partial charge in [0.25, 0.3) is 0 Å². The standard InChI is InChI=1S/C30H36N2O2/c1-22-11-9-15-25(17-22)20-28(33)32(21-26-16-10-12-23(2)18-26)27(29(34)31-30(3,4)5)19-24-13-7-6-8-14-24/h6-18,27H,19-21H2,1-5H3,(H,31,34)/t27-/m0/s1. The highest BCUT2D eigenvalue weighted by Gasteiger charge is 2.32. The summed E-state index contributed by atoms with van der Waals surface area (Å²) in [5, 5.41) is 3.11. The number of aryl methyl sites for hydroxylation is 2. The molecule has 2 amide bonds. The number of amides is 2. The smallest absolute Gasteiger partial charge is 0.243 e. The summed E-state index contributed by atoms with van der Waals surface area (Å²) in [5.41, 5.74) is 4.83. The van der Waals surface area contributed by atoms with Gasteiger partial charge in [-0.15, -0.1) is 0 Å². The average Bonchev–Trinajstić information content (AvgIpc) is 2.75. The predicted octanol–water partition coefficient (Wildman–Crippen LogP) is 5.40. The molecule has 0 fully saturated rings. The Bertz CT molecular complexity index is 1120. The Hall–Kier alpha value is -3.40. The van der Waals surface area contributed by atoms with Crippen LogP contribution < -0.4 is 5.32 Å². The van der Waals surface area contributed by atoms with Gasteiger partial charge in [-0.1, -0.05) is 90.0 Å². The van der Waals surface area contributed by atoms with Crippen LogP contribution >= 0.6 is 0 Å². The van der Waals surface area contributed by atoms with Crippen molar-refractivity contribution in [2.45, 2.75) is 65.6 Å². The van der Waals surface area contributed by atoms with Crippen molar-refractivity contribution in [3.05, 3.63) is 107 Å². The molecule has 0 radical (unpaired) electrons. The molecule has 34 heavy (non-hydrogen) atoms. The molecule has 0 aliphatic rings. The van der Waals surface area contributed by atoms with Crippen LogP contribution in [-0.2, 0) is 29.0 Å². The molecule has 0 aliphatic heterocycles. The molecule has 3 aromatic carbocycles. The average molecular weight is 457 g/mol. The molecular formula is C30H36N2O2. The van der Waals surface area contributed by atoms with Gasteiger partial charge in [0.2, 0.25) is 11.8 Å². The Morgan fingerprint density at radius 1 is 0.794 bits per heavy atom. The van der Waals surface area contributed by atoms with E-state index in [2.05, 4.69) is 11.4 Å². The summed E-state index contributed by atoms with van der Waals surface area (Å²) in [7, 11) is 0. The van der Waals surface area contributed by atoms with Crippen molar-refractivity contribution in [2.24, 2.45) is 0 Å². The minimum atomic E-state index is -0.626. The molecule has 178 valence electrons. The molecule has 0 saturated carbocycles. The number of hydrogen-bond acceptors (Lipinski definition) is 2. The monoisotopic (exact) mass is 456 g/mol. The van der Waals surface area contributed by atoms with Crippen molar-refractivity contribution in [3.63, 3.8) is 0 Å². The summed E-state index contributed by atoms with van der Waals surface area (Å²) < 4.78 is 0. The fourth-order valence-electron chi connectivity index (χ4n) is 4.11. The SMILES string of the molecule is Cc1cccc(CC(=O)N(Cc2cccc(C)c2)[C@@H](Cc2ccccc2)C(=O)NC(C)(C)C)c1. The first-order chi connectivity index (χ1) is 16.1. The van der Waals surface area contributed by atoms with Crippen LogP contribution in [0.25, 0.3) is 0 Å². The third kappa shape index (κ3) is 7.58. The molecule has 1 N–H and O–H groups in total. The Morgan fingerprint density at radius 2 is 1.35 bits per heavy atom. The summed E-state index contributed by atoms with van der Waals surface area (Å²) in [6.07, 6.45) is 0.704. The molecule has 3 rings (SSSR count). The first-order valence-corrected chi connectivity index (χ1v) is 11.9. The van der Waals surface area contributed by atoms with Crippen LogP contribution in [0.4, 0.5) is 0 Å². The molecule has 0 saturated heterocycles. The second-order valence-corrected chi connectivity index (χ2v) is 10.1. The van der Waals surface area contributed by atoms with Crippen LogP contribution in [0.3, 0.4) is 0 Å². The molecule has 0 spiro atoms. The van der Waals surface area contributed by atoms with Gasteiger partial charge < -0.3 is 10.2 Å². The quantitative estimate of drug-likeness (QED) is 0.493. The highest BCUT2D eigenvalue weighted by Crippen LogP contribution is 2.18. The van der Waals surface area contributed by atoms with Gasteiger partial charge in [0.1, 0.15) is 6.04 Å². The number of hydrogen-bond donors (Lipinski definition) is 1. The van der Waals surface area contributed by atoms with Crippen molar-refractivity contribution in [1.29, 1.82) is 0 Å². The van der Waals surface area contributed by atoms with Crippen LogP contribution in [0.2, 0.25) is 0 Å². The number of carbonyl (C=O) groups is 2. The molecule has 0 bridgehead atoms. The van der Waals surface area contributed by atoms with Gasteiger partial charge in [-0.05, 0) is 51.3 Å². The molecule has 4 heteroatoms. The first-order valence-electron chi connectivity index (χ1n) is 11.9. The fourth-order valence-corrected chi connectivity index (χ4v) is 4.11. The predicted molar refractivity (Wildman–Crippen MR) is 138 cm³/mol. The van der Waals surface area contributed by atoms with Crippen LogP contribution in [0, 0.1) is 13.8 Å². The normalized spacial score (nSPS) is 12.1. The Morgan fingerprint density at radius 3 is 1.94 bits per heavy atom. The van der Waals surface area contributed by atoms with Crippen molar-refractivity contribution in [1.82, 2.24) is 10.2 Å². The zero-order chi connectivity index (χ0) is 24.7. The van der Waals surface area contributed by atoms with E-state index in [0.717, 1.165) is 27.8 Å². The fraction of sp³-hybridized carbons (Fsp3) is 0.333. The van der Waals surface area contributed by atoms with E-state index in [4.69, 9.17) is 0 Å². The second kappa shape index (κ2) is 11.1. The van der Waals surface area contributed by atoms with E-state index in [0.29, 0.717) is 13.0 Å². The number of carbonyl (C=O) groups excluding carboxylic acids is 2. The van der Waals surface area contributed by atoms with Gasteiger partial charge >= 0.3 is 0 Å². The van der Waals surface area contributed by atoms with Crippen LogP contribution in [0.1, 0.15) is 48.6 Å². The van der Waals surface area contributed by atoms with E-state index in [1.807, 2.05) is 107 Å². The Labute approximate surface area is 204 Å². The minimum absolute atomic E-state index is 0.0582. The lowest BCUT2D eigenvalue weighted by atomic mass is 9.99. The molecule has 0 aromatic heterocycles. The summed E-state index contributed by atoms with van der Waals surface area (Å²) in [6.45, 7) is 10.3. The zero-order valence-electron chi connectivity index (χ0n) is 21.0. The number of nitrogens with zero attached hydrogens (tertiary/aromatic N) is 1. The maximum Gasteiger partial charge on any atom is 0.243 e. The summed E-state index contributed by atoms with van der Waals surface area (Å²) in [5.74, 6) is -0.196. The van der Waals surface area contributed by atoms with Gasteiger partial charge in [0.15, 0.2) is 0 Å². The maximum absolute atomic E-state index is 13.8. The first kappa shape index (κ1) is 25.2. The third-order valence-corrected chi connectivity index (χ3v) is 5.64. The minimum Gasteiger partial charge on any atom is -0.350 e. The van der Waals surface area contributed by atoms with Gasteiger partial charge in [0.05, 0.1) is 6.42 Å². The maximum atomic E-state index is 13.8. The summed E-state index contributed by atoms with van der Waals surface area (Å²) in [6, 6.07) is 25.4. The second-order valence-electron chi connectivity index (χ2n) is 10.1. The lowest BCUT2D eigenvalue weighted by Crippen LogP contribution is -2.54. The molecule has 3 aromatic rings. The highest BCUT2D eigenvalue weighted by molar-refractivity contribution is 5.89. The van der Waals surface area contributed by atoms with Crippen LogP contribution in [0.5, 0.6) is 0 Å². The van der Waals surface area contributed by atoms with Gasteiger partial charge in [-0.3, -0.25) is 9.59 Å². The molecule has 1 atom stereocenters. The largest absolute Gasteiger partial charge is 0.350 e. The van der Waals surface area contributed by atoms with Gasteiger partial charge in [-0.2, -0.15) is 0 Å². The molecule has 0 heterocycles. The van der Waals surface area contributed by atoms with E-state index < -0.39 is 11.6 Å². The summed E-state index contributed by atoms with van der Waals surface area (Å²) in [4.78, 5) is 29.1. The number of rotatable bonds is 8. The molecule has 0 unspecified atom stereocenters. The van der Waals surface area contributed by atoms with E-state index in [1.54, 1.807) is 4.90 Å². The van der Waals surface area contributed by atoms with Crippen molar-refractivity contribution >= 4 is 11.8 Å². The third-order valence-electron chi connectivity index (χ3n) is 5.64. The topological polar surface area (TPSA) is 49.4 Å². The molecular weight excluding hydrogens is 420 g/mol. The van der Waals surface area contributed by atoms with E-state index in [-0.39, 0.29) is 18.2 Å². The zero-order valence-corrected chi connectivity index (χ0v) is 21.0. The van der Waals surface area contributed by atoms with Gasteiger partial charge in [-0.25, -0.2) is 0 Å². The molecule has 0 aliphatic carbocycles. The molecule has 4 nitrogen and oxygen atoms in total. The van der Waals surface area contributed by atoms with Crippen molar-refractivity contribution in [3.8, 4) is 0 Å². The highest BCUT2D eigenvalue weighted by atomic mass is 16.2. The van der Waals surface area contributed by atoms with Crippen molar-refractivity contribution < 1.29 is 9.59 Å². The van der Waals surface area contributed by atoms with E-state index in [1.165, 1.54) is 0 Å². The van der Waals surface area contributed by atoms with E-state index in [9.17, 15) is 9.59 Å². The van der Waals surface area contributed by atoms with Crippen molar-refractivity contribution in [2.75, 3.05) is 0 Å². The number of benzene rings is 3. The van der Waals surface area contributed by atoms with Crippen LogP contribution in [-0.4, -0.2) is 28.3 Å². The lowest BCUT2D eigenvalue weighted by molar-refractivity contribution is -0.141. The summed E-state index contributed by atoms with van der Waals surface area (Å²) >= 11 is 0. The lowest BCUT2D eigenvalue weighted by Gasteiger charge is -2.34. The Balaban J connectivity index is 1.99. The van der Waals surface area contributed by atoms with Gasteiger partial charge in [0, 0.05) is 18.5 Å².